The number of alkyl halides is 3. The van der Waals surface area contributed by atoms with E-state index >= 15 is 0 Å². The second kappa shape index (κ2) is 6.39. The van der Waals surface area contributed by atoms with Crippen molar-refractivity contribution in [2.24, 2.45) is 0 Å². The zero-order chi connectivity index (χ0) is 15.5. The molecule has 112 valence electrons. The quantitative estimate of drug-likeness (QED) is 0.805. The molecule has 0 amide bonds. The van der Waals surface area contributed by atoms with Gasteiger partial charge in [0.2, 0.25) is 0 Å². The van der Waals surface area contributed by atoms with Crippen LogP contribution >= 0.6 is 11.6 Å². The Kier molecular flexibility index (Phi) is 4.78. The summed E-state index contributed by atoms with van der Waals surface area (Å²) < 4.78 is 37.3. The van der Waals surface area contributed by atoms with Crippen LogP contribution in [0, 0.1) is 6.92 Å². The molecule has 0 aliphatic rings. The normalized spacial score (nSPS) is 11.5. The summed E-state index contributed by atoms with van der Waals surface area (Å²) in [5.41, 5.74) is 2.14. The first kappa shape index (κ1) is 15.7. The Morgan fingerprint density at radius 1 is 1.05 bits per heavy atom. The molecule has 0 spiro atoms. The summed E-state index contributed by atoms with van der Waals surface area (Å²) in [4.78, 5) is 0. The number of benzene rings is 2. The smallest absolute Gasteiger partial charge is 0.385 e. The standard InChI is InChI=1S/C16H15ClF3N/c1-11-2-7-14(10-15(11)17)21-9-8-12-3-5-13(6-4-12)16(18,19)20/h2-7,10,21H,8-9H2,1H3. The fraction of sp³-hybridized carbons (Fsp3) is 0.250. The number of hydrogen-bond acceptors (Lipinski definition) is 1. The van der Waals surface area contributed by atoms with Crippen LogP contribution in [0.4, 0.5) is 18.9 Å². The Balaban J connectivity index is 1.90. The Morgan fingerprint density at radius 2 is 1.71 bits per heavy atom. The lowest BCUT2D eigenvalue weighted by atomic mass is 10.1. The van der Waals surface area contributed by atoms with Crippen LogP contribution in [-0.4, -0.2) is 6.54 Å². The van der Waals surface area contributed by atoms with Gasteiger partial charge >= 0.3 is 6.18 Å². The van der Waals surface area contributed by atoms with Crippen LogP contribution in [0.1, 0.15) is 16.7 Å². The molecule has 0 bridgehead atoms. The van der Waals surface area contributed by atoms with Crippen molar-refractivity contribution in [3.8, 4) is 0 Å². The average Bonchev–Trinajstić information content (AvgIpc) is 2.42. The third-order valence-corrected chi connectivity index (χ3v) is 3.60. The minimum absolute atomic E-state index is 0.621. The highest BCUT2D eigenvalue weighted by molar-refractivity contribution is 6.31. The maximum atomic E-state index is 12.4. The van der Waals surface area contributed by atoms with Crippen molar-refractivity contribution < 1.29 is 13.2 Å². The van der Waals surface area contributed by atoms with Crippen LogP contribution in [0.2, 0.25) is 5.02 Å². The lowest BCUT2D eigenvalue weighted by Crippen LogP contribution is -2.07. The highest BCUT2D eigenvalue weighted by Gasteiger charge is 2.29. The molecular formula is C16H15ClF3N. The molecule has 0 heterocycles. The van der Waals surface area contributed by atoms with Crippen molar-refractivity contribution in [2.75, 3.05) is 11.9 Å². The fourth-order valence-electron chi connectivity index (χ4n) is 1.91. The van der Waals surface area contributed by atoms with Crippen molar-refractivity contribution in [1.82, 2.24) is 0 Å². The summed E-state index contributed by atoms with van der Waals surface area (Å²) in [6.45, 7) is 2.55. The van der Waals surface area contributed by atoms with E-state index in [0.717, 1.165) is 28.9 Å². The number of hydrogen-bond donors (Lipinski definition) is 1. The monoisotopic (exact) mass is 313 g/mol. The van der Waals surface area contributed by atoms with Crippen molar-refractivity contribution >= 4 is 17.3 Å². The van der Waals surface area contributed by atoms with Crippen molar-refractivity contribution in [1.29, 1.82) is 0 Å². The maximum Gasteiger partial charge on any atom is 0.416 e. The third kappa shape index (κ3) is 4.39. The Hall–Kier alpha value is -1.68. The van der Waals surface area contributed by atoms with Gasteiger partial charge in [-0.05, 0) is 48.7 Å². The van der Waals surface area contributed by atoms with Gasteiger partial charge in [-0.2, -0.15) is 13.2 Å². The molecule has 0 aromatic heterocycles. The molecule has 0 saturated heterocycles. The molecule has 0 radical (unpaired) electrons. The summed E-state index contributed by atoms with van der Waals surface area (Å²) >= 11 is 6.02. The minimum atomic E-state index is -4.28. The van der Waals surface area contributed by atoms with E-state index < -0.39 is 11.7 Å². The first-order chi connectivity index (χ1) is 9.86. The molecule has 0 fully saturated rings. The van der Waals surface area contributed by atoms with Crippen LogP contribution in [-0.2, 0) is 12.6 Å². The van der Waals surface area contributed by atoms with Crippen LogP contribution in [0.5, 0.6) is 0 Å². The van der Waals surface area contributed by atoms with E-state index in [-0.39, 0.29) is 0 Å². The topological polar surface area (TPSA) is 12.0 Å². The molecular weight excluding hydrogens is 299 g/mol. The van der Waals surface area contributed by atoms with E-state index in [0.29, 0.717) is 18.0 Å². The van der Waals surface area contributed by atoms with Crippen molar-refractivity contribution in [3.05, 3.63) is 64.2 Å². The summed E-state index contributed by atoms with van der Waals surface area (Å²) in [5.74, 6) is 0. The van der Waals surface area contributed by atoms with Gasteiger partial charge in [-0.3, -0.25) is 0 Å². The fourth-order valence-corrected chi connectivity index (χ4v) is 2.09. The molecule has 2 aromatic carbocycles. The van der Waals surface area contributed by atoms with E-state index in [1.54, 1.807) is 0 Å². The van der Waals surface area contributed by atoms with E-state index in [2.05, 4.69) is 5.32 Å². The van der Waals surface area contributed by atoms with E-state index in [4.69, 9.17) is 11.6 Å². The Morgan fingerprint density at radius 3 is 2.29 bits per heavy atom. The van der Waals surface area contributed by atoms with E-state index in [1.807, 2.05) is 25.1 Å². The van der Waals surface area contributed by atoms with Crippen molar-refractivity contribution in [2.45, 2.75) is 19.5 Å². The molecule has 1 nitrogen and oxygen atoms in total. The van der Waals surface area contributed by atoms with Gasteiger partial charge in [0.1, 0.15) is 0 Å². The summed E-state index contributed by atoms with van der Waals surface area (Å²) in [7, 11) is 0. The van der Waals surface area contributed by atoms with E-state index in [9.17, 15) is 13.2 Å². The van der Waals surface area contributed by atoms with Crippen LogP contribution in [0.15, 0.2) is 42.5 Å². The van der Waals surface area contributed by atoms with Crippen LogP contribution in [0.3, 0.4) is 0 Å². The van der Waals surface area contributed by atoms with Crippen LogP contribution < -0.4 is 5.32 Å². The predicted octanol–water partition coefficient (Wildman–Crippen LogP) is 5.32. The molecule has 1 N–H and O–H groups in total. The number of halogens is 4. The minimum Gasteiger partial charge on any atom is -0.385 e. The van der Waals surface area contributed by atoms with E-state index in [1.165, 1.54) is 12.1 Å². The summed E-state index contributed by atoms with van der Waals surface area (Å²) in [5, 5.41) is 3.89. The van der Waals surface area contributed by atoms with Gasteiger partial charge in [-0.25, -0.2) is 0 Å². The van der Waals surface area contributed by atoms with Crippen LogP contribution in [0.25, 0.3) is 0 Å². The average molecular weight is 314 g/mol. The molecule has 0 aliphatic carbocycles. The van der Waals surface area contributed by atoms with Crippen molar-refractivity contribution in [3.63, 3.8) is 0 Å². The molecule has 2 aromatic rings. The SMILES string of the molecule is Cc1ccc(NCCc2ccc(C(F)(F)F)cc2)cc1Cl. The Labute approximate surface area is 126 Å². The lowest BCUT2D eigenvalue weighted by Gasteiger charge is -2.09. The van der Waals surface area contributed by atoms with Gasteiger partial charge < -0.3 is 5.32 Å². The zero-order valence-electron chi connectivity index (χ0n) is 11.5. The predicted molar refractivity (Wildman–Crippen MR) is 79.8 cm³/mol. The number of anilines is 1. The molecule has 0 saturated carbocycles. The highest BCUT2D eigenvalue weighted by Crippen LogP contribution is 2.29. The molecule has 0 unspecified atom stereocenters. The summed E-state index contributed by atoms with van der Waals surface area (Å²) in [6, 6.07) is 10.9. The summed E-state index contributed by atoms with van der Waals surface area (Å²) in [6.07, 6.45) is -3.64. The first-order valence-electron chi connectivity index (χ1n) is 6.52. The number of aryl methyl sites for hydroxylation is 1. The first-order valence-corrected chi connectivity index (χ1v) is 6.90. The molecule has 0 atom stereocenters. The second-order valence-corrected chi connectivity index (χ2v) is 5.24. The number of nitrogens with one attached hydrogen (secondary N) is 1. The van der Waals surface area contributed by atoms with Gasteiger partial charge in [0, 0.05) is 17.3 Å². The van der Waals surface area contributed by atoms with Gasteiger partial charge in [0.25, 0.3) is 0 Å². The maximum absolute atomic E-state index is 12.4. The second-order valence-electron chi connectivity index (χ2n) is 4.84. The largest absolute Gasteiger partial charge is 0.416 e. The van der Waals surface area contributed by atoms with Gasteiger partial charge in [-0.15, -0.1) is 0 Å². The Bertz CT molecular complexity index is 606. The van der Waals surface area contributed by atoms with Gasteiger partial charge in [-0.1, -0.05) is 29.8 Å². The molecule has 2 rings (SSSR count). The molecule has 5 heteroatoms. The molecule has 0 aliphatic heterocycles. The third-order valence-electron chi connectivity index (χ3n) is 3.20. The lowest BCUT2D eigenvalue weighted by molar-refractivity contribution is -0.137. The molecule has 21 heavy (non-hydrogen) atoms. The highest BCUT2D eigenvalue weighted by atomic mass is 35.5. The zero-order valence-corrected chi connectivity index (χ0v) is 12.2. The van der Waals surface area contributed by atoms with Gasteiger partial charge in [0.15, 0.2) is 0 Å². The number of rotatable bonds is 4. The van der Waals surface area contributed by atoms with Gasteiger partial charge in [0.05, 0.1) is 5.56 Å².